The fourth-order valence-corrected chi connectivity index (χ4v) is 1.50. The lowest BCUT2D eigenvalue weighted by molar-refractivity contribution is -0.123. The molecule has 6 nitrogen and oxygen atoms in total. The maximum absolute atomic E-state index is 11.6. The van der Waals surface area contributed by atoms with Crippen molar-refractivity contribution in [2.45, 2.75) is 19.5 Å². The van der Waals surface area contributed by atoms with E-state index in [0.29, 0.717) is 24.8 Å². The standard InChI is InChI=1S/C11H19ClN4O2/c1-8(11(17)13-4-5-18-3)14-7-10-15-6-9(12)16(10)2/h6,8,14H,4-5,7H2,1-3H3,(H,13,17). The van der Waals surface area contributed by atoms with Crippen LogP contribution < -0.4 is 10.6 Å². The molecule has 7 heteroatoms. The third-order valence-corrected chi connectivity index (χ3v) is 2.94. The van der Waals surface area contributed by atoms with Crippen LogP contribution in [-0.2, 0) is 23.1 Å². The van der Waals surface area contributed by atoms with Gasteiger partial charge in [-0.15, -0.1) is 0 Å². The van der Waals surface area contributed by atoms with Crippen molar-refractivity contribution < 1.29 is 9.53 Å². The molecule has 102 valence electrons. The van der Waals surface area contributed by atoms with E-state index < -0.39 is 0 Å². The van der Waals surface area contributed by atoms with Crippen LogP contribution in [0.2, 0.25) is 5.15 Å². The second-order valence-corrected chi connectivity index (χ2v) is 4.33. The first-order valence-corrected chi connectivity index (χ1v) is 6.10. The largest absolute Gasteiger partial charge is 0.383 e. The van der Waals surface area contributed by atoms with Crippen LogP contribution in [0.3, 0.4) is 0 Å². The Kier molecular flexibility index (Phi) is 6.11. The minimum Gasteiger partial charge on any atom is -0.383 e. The van der Waals surface area contributed by atoms with Gasteiger partial charge in [-0.05, 0) is 6.92 Å². The van der Waals surface area contributed by atoms with Crippen molar-refractivity contribution in [1.29, 1.82) is 0 Å². The Labute approximate surface area is 112 Å². The second-order valence-electron chi connectivity index (χ2n) is 3.94. The lowest BCUT2D eigenvalue weighted by Gasteiger charge is -2.13. The number of aromatic nitrogens is 2. The van der Waals surface area contributed by atoms with Gasteiger partial charge >= 0.3 is 0 Å². The number of carbonyl (C=O) groups is 1. The van der Waals surface area contributed by atoms with Crippen LogP contribution in [0, 0.1) is 0 Å². The fraction of sp³-hybridized carbons (Fsp3) is 0.636. The van der Waals surface area contributed by atoms with E-state index in [1.54, 1.807) is 24.8 Å². The van der Waals surface area contributed by atoms with Crippen molar-refractivity contribution in [3.63, 3.8) is 0 Å². The van der Waals surface area contributed by atoms with Gasteiger partial charge in [0.05, 0.1) is 25.4 Å². The van der Waals surface area contributed by atoms with Crippen LogP contribution in [-0.4, -0.2) is 41.8 Å². The average molecular weight is 275 g/mol. The Balaban J connectivity index is 2.34. The van der Waals surface area contributed by atoms with E-state index in [4.69, 9.17) is 16.3 Å². The predicted octanol–water partition coefficient (Wildman–Crippen LogP) is 0.314. The van der Waals surface area contributed by atoms with Gasteiger partial charge < -0.3 is 14.6 Å². The maximum Gasteiger partial charge on any atom is 0.236 e. The SMILES string of the molecule is COCCNC(=O)C(C)NCc1ncc(Cl)n1C. The summed E-state index contributed by atoms with van der Waals surface area (Å²) in [6.07, 6.45) is 1.59. The number of hydrogen-bond acceptors (Lipinski definition) is 4. The van der Waals surface area contributed by atoms with Gasteiger partial charge in [0, 0.05) is 20.7 Å². The summed E-state index contributed by atoms with van der Waals surface area (Å²) in [5.74, 6) is 0.726. The minimum absolute atomic E-state index is 0.0626. The first-order valence-electron chi connectivity index (χ1n) is 5.72. The number of methoxy groups -OCH3 is 1. The van der Waals surface area contributed by atoms with Crippen LogP contribution in [0.1, 0.15) is 12.7 Å². The van der Waals surface area contributed by atoms with E-state index in [-0.39, 0.29) is 11.9 Å². The first-order chi connectivity index (χ1) is 8.56. The van der Waals surface area contributed by atoms with Crippen LogP contribution in [0.15, 0.2) is 6.20 Å². The van der Waals surface area contributed by atoms with Crippen molar-refractivity contribution in [2.75, 3.05) is 20.3 Å². The molecule has 0 bridgehead atoms. The Morgan fingerprint density at radius 2 is 2.39 bits per heavy atom. The number of hydrogen-bond donors (Lipinski definition) is 2. The zero-order valence-corrected chi connectivity index (χ0v) is 11.6. The van der Waals surface area contributed by atoms with Gasteiger partial charge in [-0.25, -0.2) is 4.98 Å². The number of nitrogens with zero attached hydrogens (tertiary/aromatic N) is 2. The molecule has 0 aliphatic heterocycles. The van der Waals surface area contributed by atoms with Gasteiger partial charge in [0.25, 0.3) is 0 Å². The molecule has 18 heavy (non-hydrogen) atoms. The highest BCUT2D eigenvalue weighted by molar-refractivity contribution is 6.29. The third kappa shape index (κ3) is 4.29. The number of imidazole rings is 1. The van der Waals surface area contributed by atoms with Crippen LogP contribution in [0.5, 0.6) is 0 Å². The van der Waals surface area contributed by atoms with E-state index >= 15 is 0 Å². The molecule has 1 rings (SSSR count). The molecule has 1 unspecified atom stereocenters. The Hall–Kier alpha value is -1.11. The highest BCUT2D eigenvalue weighted by atomic mass is 35.5. The van der Waals surface area contributed by atoms with Gasteiger partial charge in [-0.2, -0.15) is 0 Å². The van der Waals surface area contributed by atoms with Crippen LogP contribution in [0.25, 0.3) is 0 Å². The monoisotopic (exact) mass is 274 g/mol. The summed E-state index contributed by atoms with van der Waals surface area (Å²) < 4.78 is 6.62. The molecule has 0 radical (unpaired) electrons. The molecule has 0 aliphatic carbocycles. The lowest BCUT2D eigenvalue weighted by Crippen LogP contribution is -2.43. The van der Waals surface area contributed by atoms with Crippen molar-refractivity contribution in [1.82, 2.24) is 20.2 Å². The molecular formula is C11H19ClN4O2. The number of carbonyl (C=O) groups excluding carboxylic acids is 1. The Bertz CT molecular complexity index is 394. The molecule has 1 atom stereocenters. The summed E-state index contributed by atoms with van der Waals surface area (Å²) in [6.45, 7) is 3.30. The molecule has 1 heterocycles. The number of ether oxygens (including phenoxy) is 1. The van der Waals surface area contributed by atoms with Crippen molar-refractivity contribution in [3.8, 4) is 0 Å². The van der Waals surface area contributed by atoms with E-state index in [2.05, 4.69) is 15.6 Å². The molecule has 0 saturated heterocycles. The average Bonchev–Trinajstić information content (AvgIpc) is 2.67. The number of halogens is 1. The van der Waals surface area contributed by atoms with E-state index in [9.17, 15) is 4.79 Å². The van der Waals surface area contributed by atoms with E-state index in [1.165, 1.54) is 0 Å². The first kappa shape index (κ1) is 14.9. The summed E-state index contributed by atoms with van der Waals surface area (Å²) >= 11 is 5.87. The molecule has 0 spiro atoms. The van der Waals surface area contributed by atoms with Gasteiger partial charge in [0.1, 0.15) is 11.0 Å². The summed E-state index contributed by atoms with van der Waals surface area (Å²) in [4.78, 5) is 15.8. The third-order valence-electron chi connectivity index (χ3n) is 2.59. The van der Waals surface area contributed by atoms with Crippen LogP contribution in [0.4, 0.5) is 0 Å². The highest BCUT2D eigenvalue weighted by Crippen LogP contribution is 2.08. The number of nitrogens with one attached hydrogen (secondary N) is 2. The number of amides is 1. The molecule has 2 N–H and O–H groups in total. The van der Waals surface area contributed by atoms with Crippen molar-refractivity contribution >= 4 is 17.5 Å². The smallest absolute Gasteiger partial charge is 0.236 e. The topological polar surface area (TPSA) is 68.2 Å². The zero-order chi connectivity index (χ0) is 13.5. The van der Waals surface area contributed by atoms with Gasteiger partial charge in [-0.1, -0.05) is 11.6 Å². The summed E-state index contributed by atoms with van der Waals surface area (Å²) in [7, 11) is 3.42. The van der Waals surface area contributed by atoms with E-state index in [1.807, 2.05) is 7.05 Å². The molecule has 1 aromatic rings. The minimum atomic E-state index is -0.294. The molecule has 0 aliphatic rings. The number of rotatable bonds is 7. The fourth-order valence-electron chi connectivity index (χ4n) is 1.35. The Morgan fingerprint density at radius 3 is 2.94 bits per heavy atom. The molecule has 0 aromatic carbocycles. The molecule has 1 aromatic heterocycles. The van der Waals surface area contributed by atoms with Gasteiger partial charge in [0.2, 0.25) is 5.91 Å². The quantitative estimate of drug-likeness (QED) is 0.703. The maximum atomic E-state index is 11.6. The molecular weight excluding hydrogens is 256 g/mol. The highest BCUT2D eigenvalue weighted by Gasteiger charge is 2.13. The molecule has 0 saturated carbocycles. The lowest BCUT2D eigenvalue weighted by atomic mass is 10.3. The summed E-state index contributed by atoms with van der Waals surface area (Å²) in [5.41, 5.74) is 0. The van der Waals surface area contributed by atoms with E-state index in [0.717, 1.165) is 5.82 Å². The predicted molar refractivity (Wildman–Crippen MR) is 69.4 cm³/mol. The zero-order valence-electron chi connectivity index (χ0n) is 10.9. The Morgan fingerprint density at radius 1 is 1.67 bits per heavy atom. The van der Waals surface area contributed by atoms with Crippen LogP contribution >= 0.6 is 11.6 Å². The normalized spacial score (nSPS) is 12.4. The van der Waals surface area contributed by atoms with Crippen molar-refractivity contribution in [3.05, 3.63) is 17.2 Å². The van der Waals surface area contributed by atoms with Gasteiger partial charge in [-0.3, -0.25) is 10.1 Å². The van der Waals surface area contributed by atoms with Gasteiger partial charge in [0.15, 0.2) is 0 Å². The molecule has 1 amide bonds. The summed E-state index contributed by atoms with van der Waals surface area (Å²) in [6, 6.07) is -0.294. The van der Waals surface area contributed by atoms with Crippen molar-refractivity contribution in [2.24, 2.45) is 7.05 Å². The molecule has 0 fully saturated rings. The summed E-state index contributed by atoms with van der Waals surface area (Å²) in [5, 5.41) is 6.42. The second kappa shape index (κ2) is 7.35.